The van der Waals surface area contributed by atoms with Crippen molar-refractivity contribution in [2.45, 2.75) is 45.6 Å². The highest BCUT2D eigenvalue weighted by molar-refractivity contribution is 9.10. The number of nitrogens with one attached hydrogen (secondary N) is 2. The first-order valence-electron chi connectivity index (χ1n) is 7.46. The van der Waals surface area contributed by atoms with Crippen LogP contribution in [0.15, 0.2) is 22.7 Å². The molecule has 1 aliphatic carbocycles. The van der Waals surface area contributed by atoms with Crippen LogP contribution < -0.4 is 10.0 Å². The summed E-state index contributed by atoms with van der Waals surface area (Å²) in [5, 5.41) is 3.55. The van der Waals surface area contributed by atoms with E-state index in [0.29, 0.717) is 11.7 Å². The minimum Gasteiger partial charge on any atom is -0.381 e. The Morgan fingerprint density at radius 1 is 1.24 bits per heavy atom. The zero-order valence-electron chi connectivity index (χ0n) is 12.5. The Hall–Kier alpha value is -0.750. The Kier molecular flexibility index (Phi) is 5.54. The molecule has 0 heterocycles. The van der Waals surface area contributed by atoms with Crippen LogP contribution in [0.4, 0.5) is 11.4 Å². The molecule has 4 nitrogen and oxygen atoms in total. The van der Waals surface area contributed by atoms with Crippen molar-refractivity contribution < 1.29 is 8.42 Å². The van der Waals surface area contributed by atoms with Crippen molar-refractivity contribution in [2.75, 3.05) is 15.8 Å². The number of benzene rings is 1. The van der Waals surface area contributed by atoms with Gasteiger partial charge in [0.2, 0.25) is 10.0 Å². The summed E-state index contributed by atoms with van der Waals surface area (Å²) in [6.45, 7) is 3.93. The third kappa shape index (κ3) is 4.88. The SMILES string of the molecule is CCS(=O)(=O)Nc1ccc(N[C@H]2CC[C@H](C)CC2)c(Br)c1. The van der Waals surface area contributed by atoms with Crippen molar-refractivity contribution in [1.29, 1.82) is 0 Å². The lowest BCUT2D eigenvalue weighted by Gasteiger charge is -2.28. The van der Waals surface area contributed by atoms with Crippen molar-refractivity contribution in [3.8, 4) is 0 Å². The van der Waals surface area contributed by atoms with E-state index < -0.39 is 10.0 Å². The number of halogens is 1. The summed E-state index contributed by atoms with van der Waals surface area (Å²) in [4.78, 5) is 0. The number of sulfonamides is 1. The monoisotopic (exact) mass is 374 g/mol. The van der Waals surface area contributed by atoms with Gasteiger partial charge in [-0.2, -0.15) is 0 Å². The van der Waals surface area contributed by atoms with Gasteiger partial charge < -0.3 is 5.32 Å². The van der Waals surface area contributed by atoms with E-state index in [0.717, 1.165) is 16.1 Å². The third-order valence-electron chi connectivity index (χ3n) is 4.00. The van der Waals surface area contributed by atoms with Gasteiger partial charge in [0.1, 0.15) is 0 Å². The third-order valence-corrected chi connectivity index (χ3v) is 5.96. The zero-order valence-corrected chi connectivity index (χ0v) is 14.9. The Balaban J connectivity index is 2.02. The van der Waals surface area contributed by atoms with E-state index in [1.165, 1.54) is 25.7 Å². The maximum Gasteiger partial charge on any atom is 0.232 e. The Labute approximate surface area is 135 Å². The van der Waals surface area contributed by atoms with Crippen molar-refractivity contribution in [3.05, 3.63) is 22.7 Å². The summed E-state index contributed by atoms with van der Waals surface area (Å²) in [7, 11) is -3.23. The average molecular weight is 375 g/mol. The van der Waals surface area contributed by atoms with Crippen LogP contribution in [-0.2, 0) is 10.0 Å². The van der Waals surface area contributed by atoms with Gasteiger partial charge in [-0.25, -0.2) is 8.42 Å². The molecule has 1 fully saturated rings. The molecule has 2 N–H and O–H groups in total. The molecule has 0 spiro atoms. The number of hydrogen-bond acceptors (Lipinski definition) is 3. The Bertz CT molecular complexity index is 581. The van der Waals surface area contributed by atoms with Crippen molar-refractivity contribution >= 4 is 37.3 Å². The summed E-state index contributed by atoms with van der Waals surface area (Å²) >= 11 is 3.52. The summed E-state index contributed by atoms with van der Waals surface area (Å²) < 4.78 is 26.6. The predicted octanol–water partition coefficient (Wildman–Crippen LogP) is 4.20. The van der Waals surface area contributed by atoms with E-state index in [-0.39, 0.29) is 5.75 Å². The fourth-order valence-electron chi connectivity index (χ4n) is 2.57. The van der Waals surface area contributed by atoms with Crippen LogP contribution in [0.2, 0.25) is 0 Å². The molecule has 118 valence electrons. The van der Waals surface area contributed by atoms with Crippen molar-refractivity contribution in [2.24, 2.45) is 5.92 Å². The standard InChI is InChI=1S/C15H23BrN2O2S/c1-3-21(19,20)18-13-8-9-15(14(16)10-13)17-12-6-4-11(2)5-7-12/h8-12,17-18H,3-7H2,1-2H3/t11-,12-. The van der Waals surface area contributed by atoms with Crippen LogP contribution in [0.5, 0.6) is 0 Å². The van der Waals surface area contributed by atoms with E-state index in [1.807, 2.05) is 6.07 Å². The van der Waals surface area contributed by atoms with Crippen molar-refractivity contribution in [3.63, 3.8) is 0 Å². The van der Waals surface area contributed by atoms with Crippen LogP contribution in [0, 0.1) is 5.92 Å². The molecule has 0 atom stereocenters. The second-order valence-corrected chi connectivity index (χ2v) is 8.67. The molecule has 0 radical (unpaired) electrons. The molecule has 1 saturated carbocycles. The predicted molar refractivity (Wildman–Crippen MR) is 92.3 cm³/mol. The van der Waals surface area contributed by atoms with Crippen LogP contribution in [0.3, 0.4) is 0 Å². The lowest BCUT2D eigenvalue weighted by atomic mass is 9.87. The first kappa shape index (κ1) is 16.6. The summed E-state index contributed by atoms with van der Waals surface area (Å²) in [5.74, 6) is 0.905. The quantitative estimate of drug-likeness (QED) is 0.811. The molecule has 0 aromatic heterocycles. The van der Waals surface area contributed by atoms with Gasteiger partial charge in [0.25, 0.3) is 0 Å². The zero-order chi connectivity index (χ0) is 15.5. The molecule has 0 amide bonds. The van der Waals surface area contributed by atoms with Crippen LogP contribution in [0.25, 0.3) is 0 Å². The fourth-order valence-corrected chi connectivity index (χ4v) is 3.70. The van der Waals surface area contributed by atoms with Gasteiger partial charge in [-0.15, -0.1) is 0 Å². The van der Waals surface area contributed by atoms with E-state index in [4.69, 9.17) is 0 Å². The van der Waals surface area contributed by atoms with E-state index in [2.05, 4.69) is 32.9 Å². The van der Waals surface area contributed by atoms with Crippen LogP contribution in [0.1, 0.15) is 39.5 Å². The van der Waals surface area contributed by atoms with Gasteiger partial charge in [-0.3, -0.25) is 4.72 Å². The molecule has 0 bridgehead atoms. The topological polar surface area (TPSA) is 58.2 Å². The van der Waals surface area contributed by atoms with Gasteiger partial charge in [0.05, 0.1) is 5.75 Å². The van der Waals surface area contributed by atoms with E-state index >= 15 is 0 Å². The van der Waals surface area contributed by atoms with E-state index in [9.17, 15) is 8.42 Å². The highest BCUT2D eigenvalue weighted by Crippen LogP contribution is 2.31. The molecule has 0 saturated heterocycles. The normalized spacial score (nSPS) is 22.8. The molecule has 2 rings (SSSR count). The molecular formula is C15H23BrN2O2S. The Morgan fingerprint density at radius 2 is 1.90 bits per heavy atom. The van der Waals surface area contributed by atoms with Gasteiger partial charge in [0, 0.05) is 21.9 Å². The molecule has 1 aliphatic rings. The largest absolute Gasteiger partial charge is 0.381 e. The number of hydrogen-bond donors (Lipinski definition) is 2. The molecule has 0 aliphatic heterocycles. The van der Waals surface area contributed by atoms with Gasteiger partial charge >= 0.3 is 0 Å². The highest BCUT2D eigenvalue weighted by atomic mass is 79.9. The molecule has 21 heavy (non-hydrogen) atoms. The second kappa shape index (κ2) is 7.01. The number of anilines is 2. The minimum atomic E-state index is -3.23. The highest BCUT2D eigenvalue weighted by Gasteiger charge is 2.18. The maximum absolute atomic E-state index is 11.6. The molecular weight excluding hydrogens is 352 g/mol. The molecule has 0 unspecified atom stereocenters. The molecule has 1 aromatic carbocycles. The van der Waals surface area contributed by atoms with Gasteiger partial charge in [-0.05, 0) is 72.7 Å². The number of rotatable bonds is 5. The average Bonchev–Trinajstić information content (AvgIpc) is 2.44. The maximum atomic E-state index is 11.6. The van der Waals surface area contributed by atoms with E-state index in [1.54, 1.807) is 19.1 Å². The lowest BCUT2D eigenvalue weighted by Crippen LogP contribution is -2.25. The molecule has 1 aromatic rings. The lowest BCUT2D eigenvalue weighted by molar-refractivity contribution is 0.361. The first-order valence-corrected chi connectivity index (χ1v) is 9.90. The van der Waals surface area contributed by atoms with Gasteiger partial charge in [0.15, 0.2) is 0 Å². The molecule has 6 heteroatoms. The minimum absolute atomic E-state index is 0.0743. The van der Waals surface area contributed by atoms with Crippen molar-refractivity contribution in [1.82, 2.24) is 0 Å². The summed E-state index contributed by atoms with van der Waals surface area (Å²) in [6, 6.07) is 6.04. The Morgan fingerprint density at radius 3 is 2.48 bits per heavy atom. The smallest absolute Gasteiger partial charge is 0.232 e. The van der Waals surface area contributed by atoms with Crippen LogP contribution >= 0.6 is 15.9 Å². The fraction of sp³-hybridized carbons (Fsp3) is 0.600. The first-order chi connectivity index (χ1) is 9.89. The summed E-state index contributed by atoms with van der Waals surface area (Å²) in [5.41, 5.74) is 1.61. The van der Waals surface area contributed by atoms with Crippen LogP contribution in [-0.4, -0.2) is 20.2 Å². The van der Waals surface area contributed by atoms with Gasteiger partial charge in [-0.1, -0.05) is 6.92 Å². The second-order valence-electron chi connectivity index (χ2n) is 5.80. The summed E-state index contributed by atoms with van der Waals surface area (Å²) in [6.07, 6.45) is 4.92.